The molecule has 27 heavy (non-hydrogen) atoms. The maximum absolute atomic E-state index is 5.63. The molecule has 0 atom stereocenters. The molecule has 2 N–H and O–H groups in total. The number of ether oxygens (including phenoxy) is 4. The molecule has 0 radical (unpaired) electrons. The van der Waals surface area contributed by atoms with Crippen molar-refractivity contribution in [3.05, 3.63) is 42.0 Å². The highest BCUT2D eigenvalue weighted by Crippen LogP contribution is 2.39. The zero-order valence-electron chi connectivity index (χ0n) is 16.3. The van der Waals surface area contributed by atoms with Gasteiger partial charge >= 0.3 is 0 Å². The maximum atomic E-state index is 5.63. The molecule has 0 unspecified atom stereocenters. The molecule has 0 heterocycles. The van der Waals surface area contributed by atoms with E-state index in [4.69, 9.17) is 31.2 Å². The fourth-order valence-electron chi connectivity index (χ4n) is 2.54. The number of anilines is 1. The first kappa shape index (κ1) is 20.6. The molecule has 0 aliphatic rings. The quantitative estimate of drug-likeness (QED) is 0.661. The number of rotatable bonds is 8. The third-order valence-corrected chi connectivity index (χ3v) is 3.96. The SMILES string of the molecule is COc1ccc(CNC(=S)Nc2ccc(OC(C)C)cc2)c(OC)c1OC. The maximum Gasteiger partial charge on any atom is 0.203 e. The summed E-state index contributed by atoms with van der Waals surface area (Å²) in [6.45, 7) is 4.46. The molecule has 0 spiro atoms. The van der Waals surface area contributed by atoms with Crippen LogP contribution in [0.2, 0.25) is 0 Å². The van der Waals surface area contributed by atoms with Gasteiger partial charge in [-0.05, 0) is 62.5 Å². The van der Waals surface area contributed by atoms with Crippen molar-refractivity contribution < 1.29 is 18.9 Å². The minimum Gasteiger partial charge on any atom is -0.493 e. The monoisotopic (exact) mass is 390 g/mol. The average molecular weight is 391 g/mol. The molecule has 0 aliphatic carbocycles. The summed E-state index contributed by atoms with van der Waals surface area (Å²) in [5.74, 6) is 2.60. The number of hydrogen-bond acceptors (Lipinski definition) is 5. The molecular formula is C20H26N2O4S. The number of benzene rings is 2. The summed E-state index contributed by atoms with van der Waals surface area (Å²) in [7, 11) is 4.76. The summed E-state index contributed by atoms with van der Waals surface area (Å²) in [6.07, 6.45) is 0.142. The van der Waals surface area contributed by atoms with E-state index in [2.05, 4.69) is 10.6 Å². The lowest BCUT2D eigenvalue weighted by Crippen LogP contribution is -2.28. The molecule has 0 saturated carbocycles. The van der Waals surface area contributed by atoms with Gasteiger partial charge in [-0.3, -0.25) is 0 Å². The Balaban J connectivity index is 1.99. The number of thiocarbonyl (C=S) groups is 1. The highest BCUT2D eigenvalue weighted by Gasteiger charge is 2.15. The van der Waals surface area contributed by atoms with E-state index in [1.807, 2.05) is 50.2 Å². The van der Waals surface area contributed by atoms with E-state index >= 15 is 0 Å². The van der Waals surface area contributed by atoms with Crippen LogP contribution >= 0.6 is 12.2 Å². The lowest BCUT2D eigenvalue weighted by atomic mass is 10.1. The summed E-state index contributed by atoms with van der Waals surface area (Å²) in [6, 6.07) is 11.4. The van der Waals surface area contributed by atoms with Gasteiger partial charge in [-0.1, -0.05) is 0 Å². The Morgan fingerprint density at radius 2 is 1.59 bits per heavy atom. The van der Waals surface area contributed by atoms with E-state index in [1.165, 1.54) is 0 Å². The van der Waals surface area contributed by atoms with E-state index in [-0.39, 0.29) is 6.10 Å². The summed E-state index contributed by atoms with van der Waals surface area (Å²) >= 11 is 5.38. The Labute approximate surface area is 165 Å². The molecule has 2 rings (SSSR count). The number of hydrogen-bond donors (Lipinski definition) is 2. The Bertz CT molecular complexity index is 763. The highest BCUT2D eigenvalue weighted by molar-refractivity contribution is 7.80. The van der Waals surface area contributed by atoms with Crippen molar-refractivity contribution in [2.24, 2.45) is 0 Å². The second-order valence-electron chi connectivity index (χ2n) is 5.99. The normalized spacial score (nSPS) is 10.3. The molecule has 0 bridgehead atoms. The van der Waals surface area contributed by atoms with Crippen molar-refractivity contribution in [2.75, 3.05) is 26.6 Å². The van der Waals surface area contributed by atoms with Gasteiger partial charge in [-0.2, -0.15) is 0 Å². The van der Waals surface area contributed by atoms with Gasteiger partial charge in [0, 0.05) is 17.8 Å². The molecule has 0 aliphatic heterocycles. The van der Waals surface area contributed by atoms with Gasteiger partial charge in [0.25, 0.3) is 0 Å². The third-order valence-electron chi connectivity index (χ3n) is 3.71. The number of nitrogens with one attached hydrogen (secondary N) is 2. The van der Waals surface area contributed by atoms with Crippen molar-refractivity contribution in [1.82, 2.24) is 5.32 Å². The lowest BCUT2D eigenvalue weighted by Gasteiger charge is -2.17. The third kappa shape index (κ3) is 5.65. The van der Waals surface area contributed by atoms with E-state index in [1.54, 1.807) is 21.3 Å². The zero-order chi connectivity index (χ0) is 19.8. The first-order chi connectivity index (χ1) is 13.0. The summed E-state index contributed by atoms with van der Waals surface area (Å²) in [4.78, 5) is 0. The van der Waals surface area contributed by atoms with Crippen LogP contribution < -0.4 is 29.6 Å². The molecule has 0 aromatic heterocycles. The molecule has 2 aromatic carbocycles. The van der Waals surface area contributed by atoms with Crippen molar-refractivity contribution in [2.45, 2.75) is 26.5 Å². The molecule has 0 saturated heterocycles. The van der Waals surface area contributed by atoms with E-state index in [9.17, 15) is 0 Å². The Hall–Kier alpha value is -2.67. The summed E-state index contributed by atoms with van der Waals surface area (Å²) < 4.78 is 21.8. The summed E-state index contributed by atoms with van der Waals surface area (Å²) in [5, 5.41) is 6.82. The van der Waals surface area contributed by atoms with Crippen LogP contribution in [0, 0.1) is 0 Å². The molecule has 6 nitrogen and oxygen atoms in total. The first-order valence-electron chi connectivity index (χ1n) is 8.57. The van der Waals surface area contributed by atoms with Crippen LogP contribution in [0.3, 0.4) is 0 Å². The van der Waals surface area contributed by atoms with E-state index in [0.717, 1.165) is 17.0 Å². The largest absolute Gasteiger partial charge is 0.493 e. The van der Waals surface area contributed by atoms with Crippen molar-refractivity contribution in [1.29, 1.82) is 0 Å². The topological polar surface area (TPSA) is 61.0 Å². The van der Waals surface area contributed by atoms with Gasteiger partial charge in [0.05, 0.1) is 27.4 Å². The minimum atomic E-state index is 0.142. The van der Waals surface area contributed by atoms with Crippen molar-refractivity contribution >= 4 is 23.0 Å². The fraction of sp³-hybridized carbons (Fsp3) is 0.350. The van der Waals surface area contributed by atoms with Crippen LogP contribution in [-0.4, -0.2) is 32.5 Å². The standard InChI is InChI=1S/C20H26N2O4S/c1-13(2)26-16-9-7-15(8-10-16)22-20(27)21-12-14-6-11-17(23-3)19(25-5)18(14)24-4/h6-11,13H,12H2,1-5H3,(H2,21,22,27). The Morgan fingerprint density at radius 1 is 0.926 bits per heavy atom. The highest BCUT2D eigenvalue weighted by atomic mass is 32.1. The van der Waals surface area contributed by atoms with Gasteiger partial charge in [0.15, 0.2) is 16.6 Å². The van der Waals surface area contributed by atoms with Gasteiger partial charge < -0.3 is 29.6 Å². The zero-order valence-corrected chi connectivity index (χ0v) is 17.1. The van der Waals surface area contributed by atoms with Crippen LogP contribution in [-0.2, 0) is 6.54 Å². The first-order valence-corrected chi connectivity index (χ1v) is 8.98. The molecule has 0 amide bonds. The van der Waals surface area contributed by atoms with Gasteiger partial charge in [0.1, 0.15) is 5.75 Å². The van der Waals surface area contributed by atoms with Crippen molar-refractivity contribution in [3.8, 4) is 23.0 Å². The van der Waals surface area contributed by atoms with E-state index < -0.39 is 0 Å². The molecule has 7 heteroatoms. The lowest BCUT2D eigenvalue weighted by molar-refractivity contribution is 0.242. The van der Waals surface area contributed by atoms with Crippen LogP contribution in [0.4, 0.5) is 5.69 Å². The second-order valence-corrected chi connectivity index (χ2v) is 6.40. The van der Waals surface area contributed by atoms with Crippen LogP contribution in [0.5, 0.6) is 23.0 Å². The van der Waals surface area contributed by atoms with Gasteiger partial charge in [-0.25, -0.2) is 0 Å². The average Bonchev–Trinajstić information content (AvgIpc) is 2.66. The van der Waals surface area contributed by atoms with E-state index in [0.29, 0.717) is 28.9 Å². The van der Waals surface area contributed by atoms with Crippen LogP contribution in [0.1, 0.15) is 19.4 Å². The number of methoxy groups -OCH3 is 3. The second kappa shape index (κ2) is 9.87. The Morgan fingerprint density at radius 3 is 2.15 bits per heavy atom. The molecule has 146 valence electrons. The molecule has 2 aromatic rings. The molecule has 0 fully saturated rings. The van der Waals surface area contributed by atoms with Gasteiger partial charge in [0.2, 0.25) is 5.75 Å². The summed E-state index contributed by atoms with van der Waals surface area (Å²) in [5.41, 5.74) is 1.78. The van der Waals surface area contributed by atoms with Crippen LogP contribution in [0.25, 0.3) is 0 Å². The smallest absolute Gasteiger partial charge is 0.203 e. The minimum absolute atomic E-state index is 0.142. The van der Waals surface area contributed by atoms with Gasteiger partial charge in [-0.15, -0.1) is 0 Å². The Kier molecular flexibility index (Phi) is 7.55. The predicted octanol–water partition coefficient (Wildman–Crippen LogP) is 3.99. The predicted molar refractivity (Wildman–Crippen MR) is 111 cm³/mol. The van der Waals surface area contributed by atoms with Crippen molar-refractivity contribution in [3.63, 3.8) is 0 Å². The fourth-order valence-corrected chi connectivity index (χ4v) is 2.73. The van der Waals surface area contributed by atoms with Crippen LogP contribution in [0.15, 0.2) is 36.4 Å². The molecular weight excluding hydrogens is 364 g/mol.